The number of oxazole rings is 1. The number of carbonyl (C=O) groups is 1. The number of hydrogen-bond acceptors (Lipinski definition) is 5. The summed E-state index contributed by atoms with van der Waals surface area (Å²) in [6.07, 6.45) is -5.90. The van der Waals surface area contributed by atoms with E-state index >= 15 is 0 Å². The Labute approximate surface area is 175 Å². The minimum absolute atomic E-state index is 0.0817. The van der Waals surface area contributed by atoms with E-state index < -0.39 is 36.2 Å². The summed E-state index contributed by atoms with van der Waals surface area (Å²) in [5, 5.41) is 10.2. The smallest absolute Gasteiger partial charge is 0.416 e. The molecular weight excluding hydrogens is 476 g/mol. The highest BCUT2D eigenvalue weighted by Crippen LogP contribution is 2.34. The van der Waals surface area contributed by atoms with Gasteiger partial charge in [-0.1, -0.05) is 18.2 Å². The molecule has 0 saturated heterocycles. The van der Waals surface area contributed by atoms with Crippen LogP contribution in [0.3, 0.4) is 0 Å². The van der Waals surface area contributed by atoms with Crippen LogP contribution in [0.15, 0.2) is 51.6 Å². The predicted octanol–water partition coefficient (Wildman–Crippen LogP) is 4.47. The average molecular weight is 489 g/mol. The van der Waals surface area contributed by atoms with E-state index in [4.69, 9.17) is 14.9 Å². The van der Waals surface area contributed by atoms with Crippen molar-refractivity contribution < 1.29 is 36.6 Å². The quantitative estimate of drug-likeness (QED) is 0.498. The maximum Gasteiger partial charge on any atom is 0.416 e. The molecule has 158 valence electrons. The van der Waals surface area contributed by atoms with E-state index in [9.17, 15) is 27.5 Å². The van der Waals surface area contributed by atoms with Crippen LogP contribution in [0.25, 0.3) is 11.3 Å². The van der Waals surface area contributed by atoms with E-state index in [0.717, 1.165) is 12.1 Å². The van der Waals surface area contributed by atoms with E-state index in [0.29, 0.717) is 5.56 Å². The van der Waals surface area contributed by atoms with Crippen molar-refractivity contribution in [3.05, 3.63) is 70.0 Å². The number of benzene rings is 2. The van der Waals surface area contributed by atoms with Gasteiger partial charge in [-0.05, 0) is 40.2 Å². The van der Waals surface area contributed by atoms with Crippen molar-refractivity contribution in [1.82, 2.24) is 4.98 Å². The molecule has 0 aliphatic heterocycles. The first-order valence-electron chi connectivity index (χ1n) is 8.31. The highest BCUT2D eigenvalue weighted by atomic mass is 79.9. The first-order valence-corrected chi connectivity index (χ1v) is 9.10. The highest BCUT2D eigenvalue weighted by molar-refractivity contribution is 9.10. The SMILES string of the molecule is NC(=O)c1cccc(OCC(O)c2nc(-c3ccc(C(F)(F)F)cc3)c(Br)o2)c1F. The summed E-state index contributed by atoms with van der Waals surface area (Å²) in [7, 11) is 0. The van der Waals surface area contributed by atoms with E-state index in [1.807, 2.05) is 0 Å². The van der Waals surface area contributed by atoms with Crippen LogP contribution in [0.2, 0.25) is 0 Å². The molecule has 3 aromatic rings. The first-order chi connectivity index (χ1) is 14.1. The number of amides is 1. The van der Waals surface area contributed by atoms with E-state index in [1.54, 1.807) is 0 Å². The van der Waals surface area contributed by atoms with Crippen LogP contribution in [0, 0.1) is 5.82 Å². The molecular formula is C19H13BrF4N2O4. The summed E-state index contributed by atoms with van der Waals surface area (Å²) in [6.45, 7) is -0.474. The third-order valence-electron chi connectivity index (χ3n) is 4.00. The number of hydrogen-bond donors (Lipinski definition) is 2. The number of ether oxygens (including phenoxy) is 1. The zero-order valence-corrected chi connectivity index (χ0v) is 16.5. The van der Waals surface area contributed by atoms with Gasteiger partial charge in [0.25, 0.3) is 5.91 Å². The second kappa shape index (κ2) is 8.44. The Kier molecular flexibility index (Phi) is 6.13. The fraction of sp³-hybridized carbons (Fsp3) is 0.158. The molecule has 2 aromatic carbocycles. The molecule has 0 aliphatic rings. The van der Waals surface area contributed by atoms with Crippen molar-refractivity contribution in [2.45, 2.75) is 12.3 Å². The normalized spacial score (nSPS) is 12.6. The molecule has 0 radical (unpaired) electrons. The maximum atomic E-state index is 14.1. The number of nitrogens with zero attached hydrogens (tertiary/aromatic N) is 1. The summed E-state index contributed by atoms with van der Waals surface area (Å²) in [5.41, 5.74) is 4.36. The standard InChI is InChI=1S/C19H13BrF4N2O4/c20-16-15(9-4-6-10(7-5-9)19(22,23)24)26-18(30-16)12(27)8-29-13-3-1-2-11(14(13)21)17(25)28/h1-7,12,27H,8H2,(H2,25,28). The molecule has 1 amide bonds. The second-order valence-corrected chi connectivity index (χ2v) is 6.78. The number of primary amides is 1. The predicted molar refractivity (Wildman–Crippen MR) is 100 cm³/mol. The first kappa shape index (κ1) is 21.8. The van der Waals surface area contributed by atoms with Gasteiger partial charge >= 0.3 is 6.18 Å². The minimum Gasteiger partial charge on any atom is -0.487 e. The molecule has 1 aromatic heterocycles. The topological polar surface area (TPSA) is 98.6 Å². The third-order valence-corrected chi connectivity index (χ3v) is 4.54. The van der Waals surface area contributed by atoms with Crippen molar-refractivity contribution in [1.29, 1.82) is 0 Å². The summed E-state index contributed by atoms with van der Waals surface area (Å²) in [6, 6.07) is 7.99. The summed E-state index contributed by atoms with van der Waals surface area (Å²) < 4.78 is 62.8. The van der Waals surface area contributed by atoms with Crippen LogP contribution >= 0.6 is 15.9 Å². The van der Waals surface area contributed by atoms with E-state index in [1.165, 1.54) is 30.3 Å². The molecule has 3 N–H and O–H groups in total. The minimum atomic E-state index is -4.47. The molecule has 11 heteroatoms. The molecule has 0 aliphatic carbocycles. The number of halogens is 5. The lowest BCUT2D eigenvalue weighted by Gasteiger charge is -2.11. The number of aliphatic hydroxyl groups is 1. The number of carbonyl (C=O) groups excluding carboxylic acids is 1. The van der Waals surface area contributed by atoms with Crippen molar-refractivity contribution in [2.75, 3.05) is 6.61 Å². The Balaban J connectivity index is 1.75. The average Bonchev–Trinajstić information content (AvgIpc) is 3.08. The van der Waals surface area contributed by atoms with Gasteiger partial charge in [0.15, 0.2) is 22.3 Å². The van der Waals surface area contributed by atoms with Crippen molar-refractivity contribution in [3.8, 4) is 17.0 Å². The van der Waals surface area contributed by atoms with Gasteiger partial charge in [0.2, 0.25) is 5.89 Å². The van der Waals surface area contributed by atoms with Gasteiger partial charge in [0.05, 0.1) is 11.1 Å². The van der Waals surface area contributed by atoms with Crippen LogP contribution in [0.5, 0.6) is 5.75 Å². The number of aliphatic hydroxyl groups excluding tert-OH is 1. The van der Waals surface area contributed by atoms with Gasteiger partial charge in [0.1, 0.15) is 12.3 Å². The molecule has 0 fully saturated rings. The number of nitrogens with two attached hydrogens (primary N) is 1. The molecule has 1 unspecified atom stereocenters. The summed E-state index contributed by atoms with van der Waals surface area (Å²) in [4.78, 5) is 15.2. The lowest BCUT2D eigenvalue weighted by atomic mass is 10.1. The fourth-order valence-corrected chi connectivity index (χ4v) is 2.99. The van der Waals surface area contributed by atoms with Gasteiger partial charge in [-0.2, -0.15) is 13.2 Å². The summed E-state index contributed by atoms with van der Waals surface area (Å²) >= 11 is 3.10. The zero-order valence-electron chi connectivity index (χ0n) is 14.9. The Bertz CT molecular complexity index is 1070. The second-order valence-electron chi connectivity index (χ2n) is 6.06. The van der Waals surface area contributed by atoms with Crippen LogP contribution in [-0.2, 0) is 6.18 Å². The maximum absolute atomic E-state index is 14.1. The lowest BCUT2D eigenvalue weighted by molar-refractivity contribution is -0.137. The third kappa shape index (κ3) is 4.62. The van der Waals surface area contributed by atoms with Crippen LogP contribution < -0.4 is 10.5 Å². The van der Waals surface area contributed by atoms with Crippen molar-refractivity contribution in [2.24, 2.45) is 5.73 Å². The highest BCUT2D eigenvalue weighted by Gasteiger charge is 2.30. The number of rotatable bonds is 6. The van der Waals surface area contributed by atoms with E-state index in [2.05, 4.69) is 20.9 Å². The molecule has 0 saturated carbocycles. The molecule has 30 heavy (non-hydrogen) atoms. The van der Waals surface area contributed by atoms with Crippen molar-refractivity contribution in [3.63, 3.8) is 0 Å². The van der Waals surface area contributed by atoms with Gasteiger partial charge in [-0.3, -0.25) is 4.79 Å². The lowest BCUT2D eigenvalue weighted by Crippen LogP contribution is -2.15. The Morgan fingerprint density at radius 3 is 2.50 bits per heavy atom. The van der Waals surface area contributed by atoms with Crippen LogP contribution in [0.4, 0.5) is 17.6 Å². The molecule has 0 spiro atoms. The fourth-order valence-electron chi connectivity index (χ4n) is 2.51. The zero-order chi connectivity index (χ0) is 22.1. The van der Waals surface area contributed by atoms with Gasteiger partial charge in [-0.25, -0.2) is 9.37 Å². The molecule has 6 nitrogen and oxygen atoms in total. The number of aromatic nitrogens is 1. The van der Waals surface area contributed by atoms with Gasteiger partial charge in [0, 0.05) is 5.56 Å². The largest absolute Gasteiger partial charge is 0.487 e. The molecule has 0 bridgehead atoms. The van der Waals surface area contributed by atoms with Crippen LogP contribution in [0.1, 0.15) is 27.9 Å². The Hall–Kier alpha value is -2.92. The van der Waals surface area contributed by atoms with Crippen LogP contribution in [-0.4, -0.2) is 22.6 Å². The van der Waals surface area contributed by atoms with Gasteiger partial charge < -0.3 is 20.0 Å². The van der Waals surface area contributed by atoms with Crippen molar-refractivity contribution >= 4 is 21.8 Å². The Morgan fingerprint density at radius 2 is 1.90 bits per heavy atom. The Morgan fingerprint density at radius 1 is 1.23 bits per heavy atom. The molecule has 1 heterocycles. The molecule has 3 rings (SSSR count). The molecule has 1 atom stereocenters. The monoisotopic (exact) mass is 488 g/mol. The van der Waals surface area contributed by atoms with Gasteiger partial charge in [-0.15, -0.1) is 0 Å². The number of alkyl halides is 3. The summed E-state index contributed by atoms with van der Waals surface area (Å²) in [5.74, 6) is -2.46. The van der Waals surface area contributed by atoms with E-state index in [-0.39, 0.29) is 27.6 Å².